The van der Waals surface area contributed by atoms with Gasteiger partial charge in [-0.3, -0.25) is 4.90 Å². The Balaban J connectivity index is 0. The van der Waals surface area contributed by atoms with Gasteiger partial charge in [0.25, 0.3) is 0 Å². The van der Waals surface area contributed by atoms with Crippen LogP contribution in [0.3, 0.4) is 0 Å². The van der Waals surface area contributed by atoms with Gasteiger partial charge in [0.05, 0.1) is 0 Å². The molecule has 0 saturated heterocycles. The molecule has 0 aromatic carbocycles. The van der Waals surface area contributed by atoms with Gasteiger partial charge in [0, 0.05) is 18.7 Å². The zero-order valence-electron chi connectivity index (χ0n) is 10.8. The van der Waals surface area contributed by atoms with E-state index in [0.29, 0.717) is 5.57 Å². The molecule has 1 unspecified atom stereocenters. The Labute approximate surface area is 110 Å². The molecule has 0 radical (unpaired) electrons. The van der Waals surface area contributed by atoms with E-state index in [1.807, 2.05) is 6.92 Å². The summed E-state index contributed by atoms with van der Waals surface area (Å²) in [7, 11) is 0. The van der Waals surface area contributed by atoms with Gasteiger partial charge in [-0.1, -0.05) is 20.4 Å². The minimum absolute atomic E-state index is 0. The fraction of sp³-hybridized carbons (Fsp3) is 0.750. The van der Waals surface area contributed by atoms with Gasteiger partial charge >= 0.3 is 5.97 Å². The Morgan fingerprint density at radius 2 is 1.75 bits per heavy atom. The SMILES string of the molecule is Br.C=C(C)C(=O)OC(C)N(CCC)CCC. The standard InChI is InChI=1S/C12H23NO2.BrH/c1-6-8-13(9-7-2)11(5)15-12(14)10(3)4;/h11H,3,6-9H2,1-2,4-5H3;1H. The molecule has 0 saturated carbocycles. The van der Waals surface area contributed by atoms with Gasteiger partial charge in [-0.15, -0.1) is 17.0 Å². The average Bonchev–Trinajstić information content (AvgIpc) is 2.17. The van der Waals surface area contributed by atoms with E-state index in [2.05, 4.69) is 25.3 Å². The first-order chi connectivity index (χ1) is 7.02. The molecule has 0 rings (SSSR count). The fourth-order valence-corrected chi connectivity index (χ4v) is 1.38. The molecule has 0 aliphatic heterocycles. The van der Waals surface area contributed by atoms with Crippen LogP contribution in [-0.2, 0) is 9.53 Å². The van der Waals surface area contributed by atoms with Crippen LogP contribution in [0.25, 0.3) is 0 Å². The van der Waals surface area contributed by atoms with Gasteiger partial charge in [0.15, 0.2) is 6.23 Å². The lowest BCUT2D eigenvalue weighted by molar-refractivity contribution is -0.152. The van der Waals surface area contributed by atoms with E-state index in [4.69, 9.17) is 4.74 Å². The average molecular weight is 294 g/mol. The van der Waals surface area contributed by atoms with Gasteiger partial charge in [0.1, 0.15) is 0 Å². The Morgan fingerprint density at radius 1 is 1.31 bits per heavy atom. The number of carbonyl (C=O) groups is 1. The molecule has 0 heterocycles. The summed E-state index contributed by atoms with van der Waals surface area (Å²) in [4.78, 5) is 13.5. The number of ether oxygens (including phenoxy) is 1. The van der Waals surface area contributed by atoms with Crippen molar-refractivity contribution in [3.63, 3.8) is 0 Å². The van der Waals surface area contributed by atoms with Crippen molar-refractivity contribution >= 4 is 23.0 Å². The van der Waals surface area contributed by atoms with Crippen LogP contribution in [0.15, 0.2) is 12.2 Å². The molecule has 0 N–H and O–H groups in total. The van der Waals surface area contributed by atoms with Gasteiger partial charge in [-0.2, -0.15) is 0 Å². The van der Waals surface area contributed by atoms with Gasteiger partial charge in [0.2, 0.25) is 0 Å². The predicted molar refractivity (Wildman–Crippen MR) is 72.8 cm³/mol. The Bertz CT molecular complexity index is 213. The van der Waals surface area contributed by atoms with E-state index < -0.39 is 0 Å². The molecule has 0 fully saturated rings. The summed E-state index contributed by atoms with van der Waals surface area (Å²) in [5.41, 5.74) is 0.454. The normalized spacial score (nSPS) is 11.8. The minimum atomic E-state index is -0.306. The van der Waals surface area contributed by atoms with Gasteiger partial charge in [-0.25, -0.2) is 4.79 Å². The molecule has 1 atom stereocenters. The third-order valence-electron chi connectivity index (χ3n) is 2.16. The van der Waals surface area contributed by atoms with Crippen LogP contribution in [0.2, 0.25) is 0 Å². The summed E-state index contributed by atoms with van der Waals surface area (Å²) in [6, 6.07) is 0. The molecule has 16 heavy (non-hydrogen) atoms. The van der Waals surface area contributed by atoms with Crippen molar-refractivity contribution in [2.45, 2.75) is 46.8 Å². The Kier molecular flexibility index (Phi) is 11.1. The first-order valence-corrected chi connectivity index (χ1v) is 5.63. The molecule has 0 aromatic rings. The molecule has 96 valence electrons. The summed E-state index contributed by atoms with van der Waals surface area (Å²) in [6.07, 6.45) is 1.97. The lowest BCUT2D eigenvalue weighted by atomic mass is 10.3. The van der Waals surface area contributed by atoms with E-state index in [1.54, 1.807) is 6.92 Å². The number of halogens is 1. The molecule has 0 aliphatic carbocycles. The van der Waals surface area contributed by atoms with Crippen molar-refractivity contribution in [2.24, 2.45) is 0 Å². The molecular weight excluding hydrogens is 270 g/mol. The second-order valence-electron chi connectivity index (χ2n) is 3.82. The molecule has 3 nitrogen and oxygen atoms in total. The second-order valence-corrected chi connectivity index (χ2v) is 3.82. The maximum Gasteiger partial charge on any atom is 0.334 e. The lowest BCUT2D eigenvalue weighted by Gasteiger charge is -2.27. The molecule has 0 amide bonds. The highest BCUT2D eigenvalue weighted by molar-refractivity contribution is 8.93. The number of nitrogens with zero attached hydrogens (tertiary/aromatic N) is 1. The van der Waals surface area contributed by atoms with Crippen molar-refractivity contribution in [3.05, 3.63) is 12.2 Å². The molecule has 0 spiro atoms. The van der Waals surface area contributed by atoms with Gasteiger partial charge in [-0.05, 0) is 26.7 Å². The highest BCUT2D eigenvalue weighted by Crippen LogP contribution is 2.06. The lowest BCUT2D eigenvalue weighted by Crippen LogP contribution is -2.37. The molecule has 0 aliphatic rings. The highest BCUT2D eigenvalue weighted by atomic mass is 79.9. The van der Waals surface area contributed by atoms with E-state index in [0.717, 1.165) is 25.9 Å². The quantitative estimate of drug-likeness (QED) is 0.410. The summed E-state index contributed by atoms with van der Waals surface area (Å²) < 4.78 is 5.27. The molecular formula is C12H24BrNO2. The Morgan fingerprint density at radius 3 is 2.06 bits per heavy atom. The van der Waals surface area contributed by atoms with Crippen molar-refractivity contribution < 1.29 is 9.53 Å². The largest absolute Gasteiger partial charge is 0.443 e. The zero-order chi connectivity index (χ0) is 11.8. The Hall–Kier alpha value is -0.350. The van der Waals surface area contributed by atoms with Crippen LogP contribution in [-0.4, -0.2) is 30.2 Å². The van der Waals surface area contributed by atoms with Crippen LogP contribution < -0.4 is 0 Å². The van der Waals surface area contributed by atoms with Crippen molar-refractivity contribution in [1.82, 2.24) is 4.90 Å². The predicted octanol–water partition coefficient (Wildman–Crippen LogP) is 3.15. The van der Waals surface area contributed by atoms with Gasteiger partial charge < -0.3 is 4.74 Å². The third kappa shape index (κ3) is 7.01. The van der Waals surface area contributed by atoms with Crippen LogP contribution in [0.4, 0.5) is 0 Å². The minimum Gasteiger partial charge on any atom is -0.443 e. The maximum absolute atomic E-state index is 11.3. The van der Waals surface area contributed by atoms with E-state index in [1.165, 1.54) is 0 Å². The number of hydrogen-bond acceptors (Lipinski definition) is 3. The summed E-state index contributed by atoms with van der Waals surface area (Å²) >= 11 is 0. The van der Waals surface area contributed by atoms with E-state index in [9.17, 15) is 4.79 Å². The van der Waals surface area contributed by atoms with Crippen molar-refractivity contribution in [1.29, 1.82) is 0 Å². The maximum atomic E-state index is 11.3. The monoisotopic (exact) mass is 293 g/mol. The number of hydrogen-bond donors (Lipinski definition) is 0. The van der Waals surface area contributed by atoms with Crippen LogP contribution >= 0.6 is 17.0 Å². The first kappa shape index (κ1) is 18.0. The third-order valence-corrected chi connectivity index (χ3v) is 2.16. The van der Waals surface area contributed by atoms with Crippen molar-refractivity contribution in [2.75, 3.05) is 13.1 Å². The number of esters is 1. The smallest absolute Gasteiger partial charge is 0.334 e. The first-order valence-electron chi connectivity index (χ1n) is 5.63. The number of carbonyl (C=O) groups excluding carboxylic acids is 1. The summed E-state index contributed by atoms with van der Waals surface area (Å²) in [6.45, 7) is 13.3. The van der Waals surface area contributed by atoms with E-state index in [-0.39, 0.29) is 29.2 Å². The molecule has 0 aromatic heterocycles. The van der Waals surface area contributed by atoms with Crippen molar-refractivity contribution in [3.8, 4) is 0 Å². The molecule has 4 heteroatoms. The number of rotatable bonds is 7. The van der Waals surface area contributed by atoms with Crippen LogP contribution in [0.1, 0.15) is 40.5 Å². The summed E-state index contributed by atoms with van der Waals surface area (Å²) in [5.74, 6) is -0.306. The van der Waals surface area contributed by atoms with Crippen LogP contribution in [0, 0.1) is 0 Å². The molecule has 0 bridgehead atoms. The van der Waals surface area contributed by atoms with Crippen LogP contribution in [0.5, 0.6) is 0 Å². The fourth-order valence-electron chi connectivity index (χ4n) is 1.38. The van der Waals surface area contributed by atoms with E-state index >= 15 is 0 Å². The summed E-state index contributed by atoms with van der Waals surface area (Å²) in [5, 5.41) is 0. The topological polar surface area (TPSA) is 29.5 Å². The second kappa shape index (κ2) is 9.85. The highest BCUT2D eigenvalue weighted by Gasteiger charge is 2.16. The zero-order valence-corrected chi connectivity index (χ0v) is 12.5.